The van der Waals surface area contributed by atoms with E-state index in [1.165, 1.54) is 40.1 Å². The van der Waals surface area contributed by atoms with Gasteiger partial charge in [0.15, 0.2) is 10.1 Å². The number of hydrogen-bond acceptors (Lipinski definition) is 9. The lowest BCUT2D eigenvalue weighted by molar-refractivity contribution is -0.132. The van der Waals surface area contributed by atoms with Crippen molar-refractivity contribution >= 4 is 62.1 Å². The van der Waals surface area contributed by atoms with E-state index in [-0.39, 0.29) is 22.1 Å². The first kappa shape index (κ1) is 27.8. The Morgan fingerprint density at radius 1 is 0.977 bits per heavy atom. The van der Waals surface area contributed by atoms with Gasteiger partial charge in [0.2, 0.25) is 5.13 Å². The molecule has 1 amide bonds. The third kappa shape index (κ3) is 4.61. The molecule has 218 valence electrons. The van der Waals surface area contributed by atoms with Crippen molar-refractivity contribution < 1.29 is 19.8 Å². The van der Waals surface area contributed by atoms with E-state index in [0.29, 0.717) is 27.0 Å². The maximum absolute atomic E-state index is 13.7. The number of fused-ring (bicyclic) bond motifs is 2. The van der Waals surface area contributed by atoms with Gasteiger partial charge in [0.25, 0.3) is 5.78 Å². The quantitative estimate of drug-likeness (QED) is 0.0705. The zero-order valence-corrected chi connectivity index (χ0v) is 25.3. The lowest BCUT2D eigenvalue weighted by Gasteiger charge is -2.22. The van der Waals surface area contributed by atoms with Gasteiger partial charge in [-0.25, -0.2) is 4.98 Å². The van der Waals surface area contributed by atoms with Crippen molar-refractivity contribution in [3.05, 3.63) is 119 Å². The molecule has 4 heterocycles. The SMILES string of the molecule is Cc1cccn2c(C)c(C(O)=C3C(=O)C(=O)N(c4nnc(SCc5cccc6ccccc56)s4)C3c3cccc(O)c3)nc12. The molecule has 1 unspecified atom stereocenters. The van der Waals surface area contributed by atoms with Crippen LogP contribution in [0, 0.1) is 13.8 Å². The summed E-state index contributed by atoms with van der Waals surface area (Å²) >= 11 is 2.68. The van der Waals surface area contributed by atoms with Crippen LogP contribution in [-0.2, 0) is 15.3 Å². The molecule has 0 spiro atoms. The molecule has 2 N–H and O–H groups in total. The van der Waals surface area contributed by atoms with Gasteiger partial charge in [0.05, 0.1) is 17.3 Å². The van der Waals surface area contributed by atoms with Gasteiger partial charge in [-0.1, -0.05) is 83.8 Å². The number of carbonyl (C=O) groups is 2. The van der Waals surface area contributed by atoms with Crippen molar-refractivity contribution in [3.63, 3.8) is 0 Å². The minimum absolute atomic E-state index is 0.0452. The Bertz CT molecular complexity index is 2150. The molecule has 0 aliphatic carbocycles. The van der Waals surface area contributed by atoms with E-state index in [4.69, 9.17) is 0 Å². The molecule has 1 fully saturated rings. The van der Waals surface area contributed by atoms with Crippen LogP contribution in [0.25, 0.3) is 22.2 Å². The first-order valence-electron chi connectivity index (χ1n) is 13.8. The molecule has 1 aliphatic rings. The van der Waals surface area contributed by atoms with E-state index in [2.05, 4.69) is 39.4 Å². The Balaban J connectivity index is 1.29. The minimum atomic E-state index is -1.06. The van der Waals surface area contributed by atoms with Gasteiger partial charge >= 0.3 is 5.91 Å². The average Bonchev–Trinajstić information content (AvgIpc) is 3.71. The number of aromatic nitrogens is 4. The summed E-state index contributed by atoms with van der Waals surface area (Å²) in [5.74, 6) is -1.52. The van der Waals surface area contributed by atoms with Crippen LogP contribution < -0.4 is 4.90 Å². The van der Waals surface area contributed by atoms with Crippen LogP contribution >= 0.6 is 23.1 Å². The summed E-state index contributed by atoms with van der Waals surface area (Å²) in [5, 5.41) is 33.1. The predicted molar refractivity (Wildman–Crippen MR) is 171 cm³/mol. The van der Waals surface area contributed by atoms with Crippen LogP contribution in [0.3, 0.4) is 0 Å². The van der Waals surface area contributed by atoms with E-state index in [0.717, 1.165) is 21.9 Å². The molecule has 1 atom stereocenters. The number of phenols is 1. The third-order valence-electron chi connectivity index (χ3n) is 7.77. The smallest absolute Gasteiger partial charge is 0.301 e. The van der Waals surface area contributed by atoms with Gasteiger partial charge in [0, 0.05) is 11.9 Å². The Kier molecular flexibility index (Phi) is 6.91. The first-order valence-corrected chi connectivity index (χ1v) is 15.6. The number of hydrogen-bond donors (Lipinski definition) is 2. The summed E-state index contributed by atoms with van der Waals surface area (Å²) in [6.45, 7) is 3.70. The summed E-state index contributed by atoms with van der Waals surface area (Å²) in [5.41, 5.74) is 3.78. The molecule has 1 saturated heterocycles. The fraction of sp³-hybridized carbons (Fsp3) is 0.121. The van der Waals surface area contributed by atoms with E-state index < -0.39 is 23.5 Å². The number of rotatable bonds is 6. The lowest BCUT2D eigenvalue weighted by atomic mass is 9.96. The highest BCUT2D eigenvalue weighted by molar-refractivity contribution is 8.00. The maximum atomic E-state index is 13.7. The topological polar surface area (TPSA) is 121 Å². The highest BCUT2D eigenvalue weighted by atomic mass is 32.2. The van der Waals surface area contributed by atoms with Gasteiger partial charge in [-0.05, 0) is 59.5 Å². The van der Waals surface area contributed by atoms with Crippen molar-refractivity contribution in [3.8, 4) is 5.75 Å². The van der Waals surface area contributed by atoms with Crippen LogP contribution in [0.5, 0.6) is 5.75 Å². The van der Waals surface area contributed by atoms with Gasteiger partial charge in [-0.15, -0.1) is 10.2 Å². The molecule has 3 aromatic heterocycles. The Morgan fingerprint density at radius 3 is 2.59 bits per heavy atom. The highest BCUT2D eigenvalue weighted by Crippen LogP contribution is 2.45. The Hall–Kier alpha value is -5.00. The molecule has 6 aromatic rings. The number of anilines is 1. The standard InChI is InChI=1S/C33H25N5O4S2/c1-18-8-7-15-37-19(2)26(34-30(18)37)28(40)25-27(21-11-6-13-23(39)16-21)38(31(42)29(25)41)32-35-36-33(44-32)43-17-22-12-5-10-20-9-3-4-14-24(20)22/h3-16,27,39-40H,17H2,1-2H3. The number of phenolic OH excluding ortho intramolecular Hbond substituents is 1. The molecule has 7 rings (SSSR count). The molecule has 44 heavy (non-hydrogen) atoms. The number of aliphatic hydroxyl groups is 1. The molecular formula is C33H25N5O4S2. The first-order chi connectivity index (χ1) is 21.3. The van der Waals surface area contributed by atoms with E-state index in [9.17, 15) is 19.8 Å². The van der Waals surface area contributed by atoms with Crippen LogP contribution in [0.15, 0.2) is 95.0 Å². The molecular weight excluding hydrogens is 595 g/mol. The number of aromatic hydroxyl groups is 1. The van der Waals surface area contributed by atoms with Gasteiger partial charge in [-0.3, -0.25) is 14.5 Å². The number of aliphatic hydroxyl groups excluding tert-OH is 1. The molecule has 9 nitrogen and oxygen atoms in total. The number of nitrogens with zero attached hydrogens (tertiary/aromatic N) is 5. The number of carbonyl (C=O) groups excluding carboxylic acids is 2. The van der Waals surface area contributed by atoms with Crippen LogP contribution in [0.2, 0.25) is 0 Å². The molecule has 11 heteroatoms. The fourth-order valence-corrected chi connectivity index (χ4v) is 7.50. The second kappa shape index (κ2) is 10.9. The highest BCUT2D eigenvalue weighted by Gasteiger charge is 2.49. The minimum Gasteiger partial charge on any atom is -0.508 e. The third-order valence-corrected chi connectivity index (χ3v) is 9.88. The van der Waals surface area contributed by atoms with Gasteiger partial charge in [0.1, 0.15) is 17.1 Å². The second-order valence-electron chi connectivity index (χ2n) is 10.5. The number of Topliss-reactive ketones (excluding diaryl/α,β-unsaturated/α-hetero) is 1. The molecule has 0 saturated carbocycles. The van der Waals surface area contributed by atoms with Crippen LogP contribution in [0.1, 0.15) is 34.1 Å². The zero-order chi connectivity index (χ0) is 30.5. The average molecular weight is 620 g/mol. The van der Waals surface area contributed by atoms with Crippen LogP contribution in [-0.4, -0.2) is 41.5 Å². The van der Waals surface area contributed by atoms with Crippen molar-refractivity contribution in [1.82, 2.24) is 19.6 Å². The Labute approximate surface area is 260 Å². The monoisotopic (exact) mass is 619 g/mol. The number of benzene rings is 3. The van der Waals surface area contributed by atoms with Crippen molar-refractivity contribution in [2.24, 2.45) is 0 Å². The summed E-state index contributed by atoms with van der Waals surface area (Å²) in [6.07, 6.45) is 1.82. The van der Waals surface area contributed by atoms with Crippen LogP contribution in [0.4, 0.5) is 5.13 Å². The van der Waals surface area contributed by atoms with Gasteiger partial charge < -0.3 is 14.6 Å². The molecule has 3 aromatic carbocycles. The summed E-state index contributed by atoms with van der Waals surface area (Å²) in [4.78, 5) is 33.2. The zero-order valence-electron chi connectivity index (χ0n) is 23.6. The molecule has 1 aliphatic heterocycles. The number of imidazole rings is 1. The van der Waals surface area contributed by atoms with Crippen molar-refractivity contribution in [2.45, 2.75) is 30.0 Å². The second-order valence-corrected chi connectivity index (χ2v) is 12.7. The lowest BCUT2D eigenvalue weighted by Crippen LogP contribution is -2.29. The number of ketones is 1. The van der Waals surface area contributed by atoms with Crippen molar-refractivity contribution in [2.75, 3.05) is 4.90 Å². The fourth-order valence-electron chi connectivity index (χ4n) is 5.63. The molecule has 0 bridgehead atoms. The van der Waals surface area contributed by atoms with Gasteiger partial charge in [-0.2, -0.15) is 0 Å². The number of amides is 1. The normalized spacial score (nSPS) is 16.4. The van der Waals surface area contributed by atoms with E-state index in [1.807, 2.05) is 47.9 Å². The largest absolute Gasteiger partial charge is 0.508 e. The molecule has 0 radical (unpaired) electrons. The van der Waals surface area contributed by atoms with Crippen molar-refractivity contribution in [1.29, 1.82) is 0 Å². The summed E-state index contributed by atoms with van der Waals surface area (Å²) < 4.78 is 2.45. The number of thioether (sulfide) groups is 1. The summed E-state index contributed by atoms with van der Waals surface area (Å²) in [7, 11) is 0. The number of aryl methyl sites for hydroxylation is 2. The number of pyridine rings is 1. The van der Waals surface area contributed by atoms with E-state index >= 15 is 0 Å². The maximum Gasteiger partial charge on any atom is 0.301 e. The summed E-state index contributed by atoms with van der Waals surface area (Å²) in [6, 6.07) is 23.3. The van der Waals surface area contributed by atoms with E-state index in [1.54, 1.807) is 19.1 Å². The Morgan fingerprint density at radius 2 is 1.77 bits per heavy atom. The predicted octanol–water partition coefficient (Wildman–Crippen LogP) is 6.58.